The average Bonchev–Trinajstić information content (AvgIpc) is 1.98. The Kier molecular flexibility index (Phi) is 1.75. The van der Waals surface area contributed by atoms with Crippen LogP contribution in [-0.4, -0.2) is 21.9 Å². The maximum atomic E-state index is 9.88. The first-order valence-electron chi connectivity index (χ1n) is 4.06. The smallest absolute Gasteiger partial charge is 0.182 e. The molecule has 1 unspecified atom stereocenters. The summed E-state index contributed by atoms with van der Waals surface area (Å²) in [4.78, 5) is 0. The van der Waals surface area contributed by atoms with E-state index in [0.29, 0.717) is 6.42 Å². The van der Waals surface area contributed by atoms with Crippen molar-refractivity contribution in [1.29, 1.82) is 5.26 Å². The number of nitrogens with zero attached hydrogens (tertiary/aromatic N) is 1. The van der Waals surface area contributed by atoms with Crippen LogP contribution in [0.1, 0.15) is 34.1 Å². The van der Waals surface area contributed by atoms with Crippen LogP contribution in [0.2, 0.25) is 0 Å². The lowest BCUT2D eigenvalue weighted by molar-refractivity contribution is -0.107. The van der Waals surface area contributed by atoms with Crippen LogP contribution in [0.15, 0.2) is 0 Å². The molecule has 1 saturated heterocycles. The second kappa shape index (κ2) is 2.21. The van der Waals surface area contributed by atoms with Crippen LogP contribution in [0, 0.1) is 11.3 Å². The lowest BCUT2D eigenvalue weighted by atomic mass is 9.84. The molecule has 1 atom stereocenters. The number of ether oxygens (including phenoxy) is 1. The van der Waals surface area contributed by atoms with E-state index in [-0.39, 0.29) is 0 Å². The molecule has 0 amide bonds. The normalized spacial score (nSPS) is 37.7. The monoisotopic (exact) mass is 169 g/mol. The molecule has 12 heavy (non-hydrogen) atoms. The van der Waals surface area contributed by atoms with Crippen LogP contribution < -0.4 is 0 Å². The van der Waals surface area contributed by atoms with E-state index in [2.05, 4.69) is 0 Å². The average molecular weight is 169 g/mol. The van der Waals surface area contributed by atoms with Crippen LogP contribution in [0.4, 0.5) is 0 Å². The number of rotatable bonds is 0. The van der Waals surface area contributed by atoms with Gasteiger partial charge in [0.2, 0.25) is 0 Å². The maximum absolute atomic E-state index is 9.88. The largest absolute Gasteiger partial charge is 0.373 e. The van der Waals surface area contributed by atoms with Crippen LogP contribution in [-0.2, 0) is 4.74 Å². The summed E-state index contributed by atoms with van der Waals surface area (Å²) in [5.74, 6) is 0. The van der Waals surface area contributed by atoms with E-state index >= 15 is 0 Å². The standard InChI is InChI=1S/C9H15NO2/c1-7(2)5-9(11,6-10)8(3,4)12-7/h11H,5H2,1-4H3. The van der Waals surface area contributed by atoms with Gasteiger partial charge in [-0.1, -0.05) is 0 Å². The van der Waals surface area contributed by atoms with E-state index in [1.807, 2.05) is 19.9 Å². The Hall–Kier alpha value is -0.590. The topological polar surface area (TPSA) is 53.2 Å². The SMILES string of the molecule is CC1(C)CC(O)(C#N)C(C)(C)O1. The quantitative estimate of drug-likeness (QED) is 0.555. The summed E-state index contributed by atoms with van der Waals surface area (Å²) < 4.78 is 5.57. The zero-order valence-corrected chi connectivity index (χ0v) is 8.01. The number of aliphatic hydroxyl groups is 1. The van der Waals surface area contributed by atoms with Crippen molar-refractivity contribution in [3.63, 3.8) is 0 Å². The molecule has 1 aliphatic rings. The first-order chi connectivity index (χ1) is 5.22. The molecule has 3 heteroatoms. The fraction of sp³-hybridized carbons (Fsp3) is 0.889. The molecule has 0 radical (unpaired) electrons. The lowest BCUT2D eigenvalue weighted by Crippen LogP contribution is -2.44. The predicted molar refractivity (Wildman–Crippen MR) is 44.4 cm³/mol. The summed E-state index contributed by atoms with van der Waals surface area (Å²) in [7, 11) is 0. The summed E-state index contributed by atoms with van der Waals surface area (Å²) in [6, 6.07) is 1.92. The van der Waals surface area contributed by atoms with Gasteiger partial charge in [0.05, 0.1) is 5.60 Å². The molecule has 1 N–H and O–H groups in total. The van der Waals surface area contributed by atoms with Gasteiger partial charge in [-0.15, -0.1) is 0 Å². The summed E-state index contributed by atoms with van der Waals surface area (Å²) in [5, 5.41) is 18.7. The fourth-order valence-electron chi connectivity index (χ4n) is 1.81. The minimum atomic E-state index is -1.35. The molecule has 1 aliphatic heterocycles. The van der Waals surface area contributed by atoms with E-state index in [0.717, 1.165) is 0 Å². The summed E-state index contributed by atoms with van der Waals surface area (Å²) >= 11 is 0. The summed E-state index contributed by atoms with van der Waals surface area (Å²) in [6.07, 6.45) is 0.365. The third kappa shape index (κ3) is 1.21. The van der Waals surface area contributed by atoms with Crippen molar-refractivity contribution in [2.45, 2.75) is 50.9 Å². The van der Waals surface area contributed by atoms with Gasteiger partial charge in [-0.3, -0.25) is 0 Å². The summed E-state index contributed by atoms with van der Waals surface area (Å²) in [6.45, 7) is 7.24. The summed E-state index contributed by atoms with van der Waals surface area (Å²) in [5.41, 5.74) is -2.53. The molecule has 0 aliphatic carbocycles. The molecule has 0 aromatic rings. The molecule has 0 bridgehead atoms. The third-order valence-corrected chi connectivity index (χ3v) is 2.39. The van der Waals surface area contributed by atoms with E-state index in [9.17, 15) is 5.11 Å². The molecule has 1 rings (SSSR count). The molecule has 1 fully saturated rings. The minimum Gasteiger partial charge on any atom is -0.373 e. The van der Waals surface area contributed by atoms with Crippen LogP contribution >= 0.6 is 0 Å². The van der Waals surface area contributed by atoms with Gasteiger partial charge in [-0.05, 0) is 27.7 Å². The first kappa shape index (κ1) is 9.50. The van der Waals surface area contributed by atoms with Gasteiger partial charge in [0.1, 0.15) is 11.7 Å². The molecule has 1 heterocycles. The molecule has 0 aromatic heterocycles. The zero-order chi connectivity index (χ0) is 9.62. The Labute approximate surface area is 73.0 Å². The van der Waals surface area contributed by atoms with E-state index in [4.69, 9.17) is 10.00 Å². The Bertz CT molecular complexity index is 239. The molecule has 0 saturated carbocycles. The van der Waals surface area contributed by atoms with Crippen molar-refractivity contribution < 1.29 is 9.84 Å². The van der Waals surface area contributed by atoms with Gasteiger partial charge in [0.25, 0.3) is 0 Å². The minimum absolute atomic E-state index is 0.365. The highest BCUT2D eigenvalue weighted by Gasteiger charge is 2.57. The highest BCUT2D eigenvalue weighted by atomic mass is 16.5. The zero-order valence-electron chi connectivity index (χ0n) is 8.01. The lowest BCUT2D eigenvalue weighted by Gasteiger charge is -2.28. The van der Waals surface area contributed by atoms with E-state index in [1.54, 1.807) is 13.8 Å². The second-order valence-corrected chi connectivity index (χ2v) is 4.52. The molecule has 0 spiro atoms. The van der Waals surface area contributed by atoms with Crippen molar-refractivity contribution in [3.05, 3.63) is 0 Å². The Balaban J connectivity index is 3.02. The predicted octanol–water partition coefficient (Wildman–Crippen LogP) is 1.22. The highest BCUT2D eigenvalue weighted by molar-refractivity contribution is 5.17. The molecule has 68 valence electrons. The van der Waals surface area contributed by atoms with Gasteiger partial charge in [-0.25, -0.2) is 0 Å². The van der Waals surface area contributed by atoms with Crippen molar-refractivity contribution in [3.8, 4) is 6.07 Å². The fourth-order valence-corrected chi connectivity index (χ4v) is 1.81. The number of hydrogen-bond acceptors (Lipinski definition) is 3. The van der Waals surface area contributed by atoms with Crippen molar-refractivity contribution in [2.75, 3.05) is 0 Å². The van der Waals surface area contributed by atoms with Crippen molar-refractivity contribution in [1.82, 2.24) is 0 Å². The van der Waals surface area contributed by atoms with Gasteiger partial charge in [-0.2, -0.15) is 5.26 Å². The first-order valence-corrected chi connectivity index (χ1v) is 4.06. The second-order valence-electron chi connectivity index (χ2n) is 4.52. The number of nitriles is 1. The molecular formula is C9H15NO2. The van der Waals surface area contributed by atoms with Crippen LogP contribution in [0.25, 0.3) is 0 Å². The van der Waals surface area contributed by atoms with Crippen LogP contribution in [0.3, 0.4) is 0 Å². The van der Waals surface area contributed by atoms with Gasteiger partial charge in [0.15, 0.2) is 5.60 Å². The highest BCUT2D eigenvalue weighted by Crippen LogP contribution is 2.44. The van der Waals surface area contributed by atoms with Crippen molar-refractivity contribution >= 4 is 0 Å². The van der Waals surface area contributed by atoms with Gasteiger partial charge in [0, 0.05) is 6.42 Å². The molecular weight excluding hydrogens is 154 g/mol. The molecule has 3 nitrogen and oxygen atoms in total. The Morgan fingerprint density at radius 1 is 1.33 bits per heavy atom. The van der Waals surface area contributed by atoms with Crippen molar-refractivity contribution in [2.24, 2.45) is 0 Å². The van der Waals surface area contributed by atoms with Gasteiger partial charge >= 0.3 is 0 Å². The number of hydrogen-bond donors (Lipinski definition) is 1. The Morgan fingerprint density at radius 2 is 1.83 bits per heavy atom. The van der Waals surface area contributed by atoms with E-state index in [1.165, 1.54) is 0 Å². The third-order valence-electron chi connectivity index (χ3n) is 2.39. The van der Waals surface area contributed by atoms with Crippen LogP contribution in [0.5, 0.6) is 0 Å². The Morgan fingerprint density at radius 3 is 2.00 bits per heavy atom. The molecule has 0 aromatic carbocycles. The maximum Gasteiger partial charge on any atom is 0.182 e. The van der Waals surface area contributed by atoms with Gasteiger partial charge < -0.3 is 9.84 Å². The van der Waals surface area contributed by atoms with E-state index < -0.39 is 16.8 Å².